The summed E-state index contributed by atoms with van der Waals surface area (Å²) < 4.78 is 7.16. The van der Waals surface area contributed by atoms with E-state index in [1.54, 1.807) is 0 Å². The minimum atomic E-state index is -0.0969. The summed E-state index contributed by atoms with van der Waals surface area (Å²) in [4.78, 5) is 12.4. The third kappa shape index (κ3) is 3.33. The highest BCUT2D eigenvalue weighted by Gasteiger charge is 2.15. The zero-order chi connectivity index (χ0) is 18.8. The molecule has 1 N–H and O–H groups in total. The molecule has 0 aliphatic heterocycles. The van der Waals surface area contributed by atoms with Gasteiger partial charge in [0.1, 0.15) is 5.69 Å². The third-order valence-electron chi connectivity index (χ3n) is 4.68. The first-order chi connectivity index (χ1) is 13.1. The SMILES string of the molecule is Cc1nn(-c2ccccc2)c(C)c1CNC(=O)Cc1noc2ccccc12. The molecule has 27 heavy (non-hydrogen) atoms. The van der Waals surface area contributed by atoms with Crippen molar-refractivity contribution in [3.8, 4) is 5.69 Å². The fourth-order valence-corrected chi connectivity index (χ4v) is 3.22. The molecule has 4 rings (SSSR count). The lowest BCUT2D eigenvalue weighted by atomic mass is 10.1. The van der Waals surface area contributed by atoms with Crippen molar-refractivity contribution < 1.29 is 9.32 Å². The molecular formula is C21H20N4O2. The van der Waals surface area contributed by atoms with Gasteiger partial charge in [0, 0.05) is 23.2 Å². The standard InChI is InChI=1S/C21H20N4O2/c1-14-18(15(2)25(23-14)16-8-4-3-5-9-16)13-22-21(26)12-19-17-10-6-7-11-20(17)27-24-19/h3-11H,12-13H2,1-2H3,(H,22,26). The molecule has 0 fully saturated rings. The molecule has 0 spiro atoms. The van der Waals surface area contributed by atoms with Crippen LogP contribution in [0.3, 0.4) is 0 Å². The molecule has 0 unspecified atom stereocenters. The Bertz CT molecular complexity index is 1100. The first kappa shape index (κ1) is 17.0. The van der Waals surface area contributed by atoms with E-state index in [1.807, 2.05) is 73.1 Å². The number of carbonyl (C=O) groups excluding carboxylic acids is 1. The lowest BCUT2D eigenvalue weighted by molar-refractivity contribution is -0.120. The normalized spacial score (nSPS) is 11.0. The van der Waals surface area contributed by atoms with Gasteiger partial charge in [-0.05, 0) is 38.1 Å². The van der Waals surface area contributed by atoms with E-state index in [0.29, 0.717) is 17.8 Å². The fourth-order valence-electron chi connectivity index (χ4n) is 3.22. The van der Waals surface area contributed by atoms with Gasteiger partial charge in [-0.1, -0.05) is 35.5 Å². The fraction of sp³-hybridized carbons (Fsp3) is 0.190. The monoisotopic (exact) mass is 360 g/mol. The lowest BCUT2D eigenvalue weighted by Gasteiger charge is -2.07. The molecule has 0 radical (unpaired) electrons. The topological polar surface area (TPSA) is 73.0 Å². The van der Waals surface area contributed by atoms with Gasteiger partial charge >= 0.3 is 0 Å². The number of aryl methyl sites for hydroxylation is 1. The molecule has 0 bridgehead atoms. The number of hydrogen-bond acceptors (Lipinski definition) is 4. The Morgan fingerprint density at radius 2 is 1.81 bits per heavy atom. The van der Waals surface area contributed by atoms with Crippen LogP contribution in [0.1, 0.15) is 22.6 Å². The summed E-state index contributed by atoms with van der Waals surface area (Å²) in [5.74, 6) is -0.0969. The molecule has 2 heterocycles. The molecular weight excluding hydrogens is 340 g/mol. The minimum absolute atomic E-state index is 0.0969. The van der Waals surface area contributed by atoms with E-state index in [-0.39, 0.29) is 12.3 Å². The van der Waals surface area contributed by atoms with Crippen LogP contribution in [0.25, 0.3) is 16.7 Å². The second-order valence-electron chi connectivity index (χ2n) is 6.48. The molecule has 0 saturated heterocycles. The highest BCUT2D eigenvalue weighted by atomic mass is 16.5. The number of carbonyl (C=O) groups is 1. The molecule has 2 aromatic carbocycles. The molecule has 4 aromatic rings. The average molecular weight is 360 g/mol. The van der Waals surface area contributed by atoms with Crippen molar-refractivity contribution in [1.29, 1.82) is 0 Å². The number of para-hydroxylation sites is 2. The highest BCUT2D eigenvalue weighted by Crippen LogP contribution is 2.19. The van der Waals surface area contributed by atoms with Gasteiger partial charge in [0.15, 0.2) is 5.58 Å². The quantitative estimate of drug-likeness (QED) is 0.591. The van der Waals surface area contributed by atoms with Gasteiger partial charge in [-0.2, -0.15) is 5.10 Å². The van der Waals surface area contributed by atoms with E-state index in [9.17, 15) is 4.79 Å². The van der Waals surface area contributed by atoms with Crippen LogP contribution in [0.5, 0.6) is 0 Å². The maximum atomic E-state index is 12.4. The third-order valence-corrected chi connectivity index (χ3v) is 4.68. The summed E-state index contributed by atoms with van der Waals surface area (Å²) in [6.07, 6.45) is 0.182. The van der Waals surface area contributed by atoms with Crippen LogP contribution in [0.15, 0.2) is 59.1 Å². The molecule has 6 heteroatoms. The number of rotatable bonds is 5. The van der Waals surface area contributed by atoms with Gasteiger partial charge in [0.05, 0.1) is 17.8 Å². The zero-order valence-corrected chi connectivity index (χ0v) is 15.3. The first-order valence-corrected chi connectivity index (χ1v) is 8.84. The number of benzene rings is 2. The van der Waals surface area contributed by atoms with Crippen molar-refractivity contribution in [3.63, 3.8) is 0 Å². The molecule has 136 valence electrons. The second kappa shape index (κ2) is 7.07. The van der Waals surface area contributed by atoms with E-state index >= 15 is 0 Å². The molecule has 6 nitrogen and oxygen atoms in total. The zero-order valence-electron chi connectivity index (χ0n) is 15.3. The summed E-state index contributed by atoms with van der Waals surface area (Å²) >= 11 is 0. The number of nitrogens with zero attached hydrogens (tertiary/aromatic N) is 3. The molecule has 0 atom stereocenters. The summed E-state index contributed by atoms with van der Waals surface area (Å²) in [7, 11) is 0. The van der Waals surface area contributed by atoms with Crippen LogP contribution in [0.4, 0.5) is 0 Å². The highest BCUT2D eigenvalue weighted by molar-refractivity contribution is 5.86. The summed E-state index contributed by atoms with van der Waals surface area (Å²) in [5, 5.41) is 12.5. The van der Waals surface area contributed by atoms with Gasteiger partial charge < -0.3 is 9.84 Å². The number of nitrogens with one attached hydrogen (secondary N) is 1. The van der Waals surface area contributed by atoms with E-state index in [0.717, 1.165) is 28.0 Å². The Morgan fingerprint density at radius 3 is 2.63 bits per heavy atom. The molecule has 0 saturated carbocycles. The van der Waals surface area contributed by atoms with Crippen molar-refractivity contribution in [2.45, 2.75) is 26.8 Å². The maximum Gasteiger partial charge on any atom is 0.226 e. The van der Waals surface area contributed by atoms with Crippen LogP contribution in [-0.4, -0.2) is 20.8 Å². The molecule has 2 aromatic heterocycles. The van der Waals surface area contributed by atoms with Crippen molar-refractivity contribution in [2.24, 2.45) is 0 Å². The summed E-state index contributed by atoms with van der Waals surface area (Å²) in [6, 6.07) is 17.5. The van der Waals surface area contributed by atoms with Crippen LogP contribution in [-0.2, 0) is 17.8 Å². The van der Waals surface area contributed by atoms with Crippen molar-refractivity contribution >= 4 is 16.9 Å². The Labute approximate surface area is 156 Å². The predicted octanol–water partition coefficient (Wildman–Crippen LogP) is 3.49. The van der Waals surface area contributed by atoms with Crippen LogP contribution in [0, 0.1) is 13.8 Å². The van der Waals surface area contributed by atoms with E-state index in [4.69, 9.17) is 4.52 Å². The van der Waals surface area contributed by atoms with Crippen LogP contribution in [0.2, 0.25) is 0 Å². The lowest BCUT2D eigenvalue weighted by Crippen LogP contribution is -2.25. The summed E-state index contributed by atoms with van der Waals surface area (Å²) in [5.41, 5.74) is 5.30. The van der Waals surface area contributed by atoms with Crippen molar-refractivity contribution in [2.75, 3.05) is 0 Å². The van der Waals surface area contributed by atoms with Gasteiger partial charge in [-0.15, -0.1) is 0 Å². The second-order valence-corrected chi connectivity index (χ2v) is 6.48. The predicted molar refractivity (Wildman–Crippen MR) is 103 cm³/mol. The average Bonchev–Trinajstić information content (AvgIpc) is 3.22. The summed E-state index contributed by atoms with van der Waals surface area (Å²) in [6.45, 7) is 4.40. The van der Waals surface area contributed by atoms with Gasteiger partial charge in [0.25, 0.3) is 0 Å². The van der Waals surface area contributed by atoms with E-state index in [1.165, 1.54) is 0 Å². The maximum absolute atomic E-state index is 12.4. The van der Waals surface area contributed by atoms with Gasteiger partial charge in [-0.3, -0.25) is 4.79 Å². The van der Waals surface area contributed by atoms with E-state index in [2.05, 4.69) is 15.6 Å². The number of hydrogen-bond donors (Lipinski definition) is 1. The van der Waals surface area contributed by atoms with Crippen molar-refractivity contribution in [3.05, 3.63) is 77.2 Å². The van der Waals surface area contributed by atoms with Gasteiger partial charge in [-0.25, -0.2) is 4.68 Å². The number of fused-ring (bicyclic) bond motifs is 1. The minimum Gasteiger partial charge on any atom is -0.356 e. The molecule has 0 aliphatic rings. The largest absolute Gasteiger partial charge is 0.356 e. The molecule has 0 aliphatic carbocycles. The van der Waals surface area contributed by atoms with Crippen LogP contribution < -0.4 is 5.32 Å². The van der Waals surface area contributed by atoms with Gasteiger partial charge in [0.2, 0.25) is 5.91 Å². The Morgan fingerprint density at radius 1 is 1.07 bits per heavy atom. The van der Waals surface area contributed by atoms with Crippen LogP contribution >= 0.6 is 0 Å². The first-order valence-electron chi connectivity index (χ1n) is 8.84. The number of amides is 1. The molecule has 1 amide bonds. The Balaban J connectivity index is 1.47. The Hall–Kier alpha value is -3.41. The van der Waals surface area contributed by atoms with E-state index < -0.39 is 0 Å². The van der Waals surface area contributed by atoms with Crippen molar-refractivity contribution in [1.82, 2.24) is 20.3 Å². The smallest absolute Gasteiger partial charge is 0.226 e. The Kier molecular flexibility index (Phi) is 4.46. The number of aromatic nitrogens is 3.